The van der Waals surface area contributed by atoms with Gasteiger partial charge >= 0.3 is 6.18 Å². The summed E-state index contributed by atoms with van der Waals surface area (Å²) < 4.78 is 54.8. The van der Waals surface area contributed by atoms with Crippen molar-refractivity contribution in [2.45, 2.75) is 82.8 Å². The number of halogens is 3. The van der Waals surface area contributed by atoms with Gasteiger partial charge in [-0.25, -0.2) is 0 Å². The second-order valence-electron chi connectivity index (χ2n) is 15.3. The van der Waals surface area contributed by atoms with Crippen LogP contribution in [-0.2, 0) is 36.0 Å². The molecule has 0 aliphatic carbocycles. The fourth-order valence-corrected chi connectivity index (χ4v) is 8.28. The van der Waals surface area contributed by atoms with E-state index in [1.807, 2.05) is 24.3 Å². The molecular formula is C45H56F3N3O5. The van der Waals surface area contributed by atoms with E-state index in [0.29, 0.717) is 23.6 Å². The Labute approximate surface area is 329 Å². The van der Waals surface area contributed by atoms with E-state index in [1.165, 1.54) is 23.8 Å². The number of ether oxygens (including phenoxy) is 3. The van der Waals surface area contributed by atoms with Crippen LogP contribution in [0.2, 0.25) is 0 Å². The first-order chi connectivity index (χ1) is 26.9. The summed E-state index contributed by atoms with van der Waals surface area (Å²) >= 11 is 0. The van der Waals surface area contributed by atoms with Crippen LogP contribution in [0.15, 0.2) is 84.9 Å². The SMILES string of the molecule is COc1cc(CCC(C)N2CCC3(CC2)OCc2ccccc23)ccc1O.COc1cc(CCC(C)N2CCN(c3ccc(C(F)(F)F)cc3)CC2)ccc1O. The molecule has 0 radical (unpaired) electrons. The number of piperazine rings is 1. The third kappa shape index (κ3) is 9.91. The van der Waals surface area contributed by atoms with Gasteiger partial charge in [-0.15, -0.1) is 0 Å². The van der Waals surface area contributed by atoms with Crippen molar-refractivity contribution in [3.8, 4) is 23.0 Å². The summed E-state index contributed by atoms with van der Waals surface area (Å²) in [5.74, 6) is 1.38. The molecule has 11 heteroatoms. The molecule has 2 atom stereocenters. The number of methoxy groups -OCH3 is 2. The van der Waals surface area contributed by atoms with Crippen molar-refractivity contribution in [2.24, 2.45) is 0 Å². The Kier molecular flexibility index (Phi) is 13.4. The first-order valence-electron chi connectivity index (χ1n) is 19.7. The number of likely N-dealkylation sites (tertiary alicyclic amines) is 1. The lowest BCUT2D eigenvalue weighted by Gasteiger charge is -2.41. The number of benzene rings is 4. The third-order valence-electron chi connectivity index (χ3n) is 11.9. The Morgan fingerprint density at radius 2 is 1.21 bits per heavy atom. The van der Waals surface area contributed by atoms with Gasteiger partial charge in [-0.05, 0) is 123 Å². The number of rotatable bonds is 11. The molecule has 4 aromatic rings. The van der Waals surface area contributed by atoms with Crippen LogP contribution in [0.25, 0.3) is 0 Å². The maximum atomic E-state index is 12.7. The number of phenols is 2. The molecule has 4 aromatic carbocycles. The van der Waals surface area contributed by atoms with Gasteiger partial charge in [-0.2, -0.15) is 13.2 Å². The number of hydrogen-bond donors (Lipinski definition) is 2. The van der Waals surface area contributed by atoms with Crippen molar-refractivity contribution in [1.29, 1.82) is 0 Å². The predicted octanol–water partition coefficient (Wildman–Crippen LogP) is 8.81. The number of phenolic OH excluding ortho intramolecular Hbond substituents is 2. The zero-order valence-corrected chi connectivity index (χ0v) is 33.0. The first kappa shape index (κ1) is 41.2. The highest BCUT2D eigenvalue weighted by Crippen LogP contribution is 2.44. The normalized spacial score (nSPS) is 18.2. The van der Waals surface area contributed by atoms with E-state index in [2.05, 4.69) is 52.8 Å². The highest BCUT2D eigenvalue weighted by Gasteiger charge is 2.43. The number of alkyl halides is 3. The van der Waals surface area contributed by atoms with Crippen LogP contribution in [0.4, 0.5) is 18.9 Å². The standard InChI is InChI=1S/C23H29NO3.C22H27F3N2O2/c1-17(7-8-18-9-10-21(25)22(15-18)26-2)24-13-11-23(12-14-24)20-6-4-3-5-19(20)16-27-23;1-16(3-4-17-5-10-20(28)21(15-17)29-2)26-11-13-27(14-12-26)19-8-6-18(7-9-19)22(23,24)25/h3-6,9-10,15,17,25H,7-8,11-14,16H2,1-2H3;5-10,15-16,28H,3-4,11-14H2,1-2H3. The molecular weight excluding hydrogens is 720 g/mol. The summed E-state index contributed by atoms with van der Waals surface area (Å²) in [5.41, 5.74) is 5.26. The molecule has 2 fully saturated rings. The largest absolute Gasteiger partial charge is 0.504 e. The molecule has 3 aliphatic rings. The highest BCUT2D eigenvalue weighted by molar-refractivity contribution is 5.48. The molecule has 3 aliphatic heterocycles. The summed E-state index contributed by atoms with van der Waals surface area (Å²) in [6.07, 6.45) is 1.79. The molecule has 7 rings (SSSR count). The van der Waals surface area contributed by atoms with Gasteiger partial charge < -0.3 is 34.2 Å². The molecule has 8 nitrogen and oxygen atoms in total. The molecule has 302 valence electrons. The van der Waals surface area contributed by atoms with Crippen LogP contribution in [0.3, 0.4) is 0 Å². The summed E-state index contributed by atoms with van der Waals surface area (Å²) in [4.78, 5) is 7.14. The van der Waals surface area contributed by atoms with Crippen molar-refractivity contribution in [2.75, 3.05) is 58.4 Å². The van der Waals surface area contributed by atoms with Gasteiger partial charge in [0.05, 0.1) is 32.0 Å². The zero-order chi connectivity index (χ0) is 39.9. The van der Waals surface area contributed by atoms with E-state index in [4.69, 9.17) is 14.2 Å². The average Bonchev–Trinajstić information content (AvgIpc) is 3.57. The number of nitrogens with zero attached hydrogens (tertiary/aromatic N) is 3. The lowest BCUT2D eigenvalue weighted by Crippen LogP contribution is -2.49. The monoisotopic (exact) mass is 775 g/mol. The number of fused-ring (bicyclic) bond motifs is 2. The molecule has 2 N–H and O–H groups in total. The quantitative estimate of drug-likeness (QED) is 0.157. The van der Waals surface area contributed by atoms with E-state index in [1.54, 1.807) is 31.4 Å². The van der Waals surface area contributed by atoms with E-state index in [-0.39, 0.29) is 17.1 Å². The Bertz CT molecular complexity index is 1870. The van der Waals surface area contributed by atoms with Crippen LogP contribution >= 0.6 is 0 Å². The van der Waals surface area contributed by atoms with E-state index in [0.717, 1.165) is 108 Å². The van der Waals surface area contributed by atoms with E-state index >= 15 is 0 Å². The Balaban J connectivity index is 0.000000190. The number of hydrogen-bond acceptors (Lipinski definition) is 8. The van der Waals surface area contributed by atoms with Crippen molar-refractivity contribution in [1.82, 2.24) is 9.80 Å². The van der Waals surface area contributed by atoms with Crippen LogP contribution in [-0.4, -0.2) is 85.6 Å². The van der Waals surface area contributed by atoms with Gasteiger partial charge in [-0.1, -0.05) is 36.4 Å². The minimum Gasteiger partial charge on any atom is -0.504 e. The topological polar surface area (TPSA) is 77.9 Å². The van der Waals surface area contributed by atoms with Gasteiger partial charge in [-0.3, -0.25) is 4.90 Å². The minimum atomic E-state index is -4.30. The average molecular weight is 776 g/mol. The lowest BCUT2D eigenvalue weighted by atomic mass is 9.83. The molecule has 2 unspecified atom stereocenters. The van der Waals surface area contributed by atoms with E-state index < -0.39 is 11.7 Å². The summed E-state index contributed by atoms with van der Waals surface area (Å²) in [7, 11) is 3.13. The van der Waals surface area contributed by atoms with Gasteiger partial charge in [0.15, 0.2) is 23.0 Å². The summed E-state index contributed by atoms with van der Waals surface area (Å²) in [6, 6.07) is 26.1. The maximum absolute atomic E-state index is 12.7. The molecule has 0 aromatic heterocycles. The second-order valence-corrected chi connectivity index (χ2v) is 15.3. The third-order valence-corrected chi connectivity index (χ3v) is 11.9. The minimum absolute atomic E-state index is 0.0584. The Morgan fingerprint density at radius 3 is 1.73 bits per heavy atom. The fraction of sp³-hybridized carbons (Fsp3) is 0.467. The van der Waals surface area contributed by atoms with Crippen molar-refractivity contribution < 1.29 is 37.6 Å². The van der Waals surface area contributed by atoms with Crippen LogP contribution in [0.1, 0.15) is 67.3 Å². The molecule has 1 spiro atoms. The predicted molar refractivity (Wildman–Crippen MR) is 214 cm³/mol. The molecule has 0 bridgehead atoms. The molecule has 3 heterocycles. The smallest absolute Gasteiger partial charge is 0.416 e. The van der Waals surface area contributed by atoms with Crippen molar-refractivity contribution in [3.63, 3.8) is 0 Å². The highest BCUT2D eigenvalue weighted by atomic mass is 19.4. The fourth-order valence-electron chi connectivity index (χ4n) is 8.28. The van der Waals surface area contributed by atoms with Crippen LogP contribution < -0.4 is 14.4 Å². The van der Waals surface area contributed by atoms with Gasteiger partial charge in [0.1, 0.15) is 0 Å². The molecule has 2 saturated heterocycles. The number of aryl methyl sites for hydroxylation is 2. The summed E-state index contributed by atoms with van der Waals surface area (Å²) in [6.45, 7) is 10.8. The van der Waals surface area contributed by atoms with Gasteiger partial charge in [0, 0.05) is 57.0 Å². The van der Waals surface area contributed by atoms with Crippen molar-refractivity contribution in [3.05, 3.63) is 113 Å². The van der Waals surface area contributed by atoms with Gasteiger partial charge in [0.25, 0.3) is 0 Å². The molecule has 56 heavy (non-hydrogen) atoms. The molecule has 0 amide bonds. The van der Waals surface area contributed by atoms with Crippen LogP contribution in [0.5, 0.6) is 23.0 Å². The number of piperidine rings is 1. The van der Waals surface area contributed by atoms with Gasteiger partial charge in [0.2, 0.25) is 0 Å². The lowest BCUT2D eigenvalue weighted by molar-refractivity contribution is -0.137. The summed E-state index contributed by atoms with van der Waals surface area (Å²) in [5, 5.41) is 19.4. The molecule has 0 saturated carbocycles. The number of anilines is 1. The zero-order valence-electron chi connectivity index (χ0n) is 33.0. The first-order valence-corrected chi connectivity index (χ1v) is 19.7. The Hall–Kier alpha value is -4.45. The van der Waals surface area contributed by atoms with Crippen LogP contribution in [0, 0.1) is 0 Å². The Morgan fingerprint density at radius 1 is 0.696 bits per heavy atom. The maximum Gasteiger partial charge on any atom is 0.416 e. The van der Waals surface area contributed by atoms with Crippen molar-refractivity contribution >= 4 is 5.69 Å². The van der Waals surface area contributed by atoms with E-state index in [9.17, 15) is 23.4 Å². The number of aromatic hydroxyl groups is 2. The second kappa shape index (κ2) is 18.2.